The number of rotatable bonds is 2. The van der Waals surface area contributed by atoms with E-state index < -0.39 is 0 Å². The van der Waals surface area contributed by atoms with Crippen LogP contribution in [0, 0.1) is 12.3 Å². The molecule has 0 bridgehead atoms. The Hall–Kier alpha value is -0.830. The minimum absolute atomic E-state index is 0.0980. The van der Waals surface area contributed by atoms with Crippen molar-refractivity contribution in [2.75, 3.05) is 0 Å². The summed E-state index contributed by atoms with van der Waals surface area (Å²) in [5, 5.41) is 3.14. The van der Waals surface area contributed by atoms with Crippen LogP contribution in [0.25, 0.3) is 0 Å². The predicted octanol–water partition coefficient (Wildman–Crippen LogP) is 3.37. The first-order valence-electron chi connectivity index (χ1n) is 5.84. The summed E-state index contributed by atoms with van der Waals surface area (Å²) in [6.45, 7) is 6.57. The van der Waals surface area contributed by atoms with Crippen molar-refractivity contribution >= 4 is 17.2 Å². The van der Waals surface area contributed by atoms with Crippen molar-refractivity contribution in [1.29, 1.82) is 0 Å². The van der Waals surface area contributed by atoms with E-state index >= 15 is 0 Å². The van der Waals surface area contributed by atoms with E-state index in [4.69, 9.17) is 0 Å². The van der Waals surface area contributed by atoms with Crippen LogP contribution in [-0.2, 0) is 0 Å². The van der Waals surface area contributed by atoms with Crippen LogP contribution in [0.3, 0.4) is 0 Å². The van der Waals surface area contributed by atoms with Gasteiger partial charge in [-0.3, -0.25) is 4.79 Å². The molecule has 1 amide bonds. The lowest BCUT2D eigenvalue weighted by molar-refractivity contribution is 0.0940. The number of amides is 1. The van der Waals surface area contributed by atoms with Crippen LogP contribution in [0.2, 0.25) is 0 Å². The van der Waals surface area contributed by atoms with Gasteiger partial charge >= 0.3 is 0 Å². The summed E-state index contributed by atoms with van der Waals surface area (Å²) in [4.78, 5) is 14.0. The molecule has 2 rings (SSSR count). The average Bonchev–Trinajstić information content (AvgIpc) is 2.73. The minimum Gasteiger partial charge on any atom is -0.349 e. The van der Waals surface area contributed by atoms with E-state index in [0.717, 1.165) is 17.7 Å². The first-order chi connectivity index (χ1) is 7.46. The Morgan fingerprint density at radius 3 is 2.75 bits per heavy atom. The van der Waals surface area contributed by atoms with Crippen molar-refractivity contribution in [3.63, 3.8) is 0 Å². The number of thiophene rings is 1. The van der Waals surface area contributed by atoms with Gasteiger partial charge in [0.1, 0.15) is 0 Å². The Kier molecular flexibility index (Phi) is 3.06. The van der Waals surface area contributed by atoms with Gasteiger partial charge in [0.2, 0.25) is 0 Å². The summed E-state index contributed by atoms with van der Waals surface area (Å²) < 4.78 is 0. The molecular formula is C13H19NOS. The second-order valence-corrected chi connectivity index (χ2v) is 6.78. The molecule has 1 aliphatic rings. The molecule has 1 N–H and O–H groups in total. The topological polar surface area (TPSA) is 29.1 Å². The van der Waals surface area contributed by atoms with Gasteiger partial charge in [-0.05, 0) is 43.7 Å². The third-order valence-corrected chi connectivity index (χ3v) is 4.27. The molecule has 1 aliphatic carbocycles. The smallest absolute Gasteiger partial charge is 0.261 e. The summed E-state index contributed by atoms with van der Waals surface area (Å²) in [7, 11) is 0. The second-order valence-electron chi connectivity index (χ2n) is 5.49. The Labute approximate surface area is 101 Å². The molecule has 2 nitrogen and oxygen atoms in total. The van der Waals surface area contributed by atoms with Crippen molar-refractivity contribution in [2.45, 2.75) is 46.1 Å². The van der Waals surface area contributed by atoms with E-state index in [1.54, 1.807) is 11.3 Å². The summed E-state index contributed by atoms with van der Waals surface area (Å²) >= 11 is 1.57. The fraction of sp³-hybridized carbons (Fsp3) is 0.615. The lowest BCUT2D eigenvalue weighted by Gasteiger charge is -2.17. The maximum absolute atomic E-state index is 11.9. The van der Waals surface area contributed by atoms with Gasteiger partial charge in [0, 0.05) is 10.9 Å². The average molecular weight is 237 g/mol. The SMILES string of the molecule is Cc1ccc(C(=O)NC2CCC(C)(C)C2)s1. The number of carbonyl (C=O) groups excluding carboxylic acids is 1. The molecule has 1 fully saturated rings. The van der Waals surface area contributed by atoms with Gasteiger partial charge in [-0.15, -0.1) is 11.3 Å². The zero-order valence-corrected chi connectivity index (χ0v) is 11.0. The fourth-order valence-electron chi connectivity index (χ4n) is 2.37. The number of hydrogen-bond donors (Lipinski definition) is 1. The Balaban J connectivity index is 1.94. The lowest BCUT2D eigenvalue weighted by Crippen LogP contribution is -2.32. The van der Waals surface area contributed by atoms with Crippen molar-refractivity contribution in [3.05, 3.63) is 21.9 Å². The van der Waals surface area contributed by atoms with Crippen LogP contribution in [0.4, 0.5) is 0 Å². The molecule has 0 aromatic carbocycles. The van der Waals surface area contributed by atoms with Crippen LogP contribution < -0.4 is 5.32 Å². The molecule has 3 heteroatoms. The summed E-state index contributed by atoms with van der Waals surface area (Å²) in [6, 6.07) is 4.28. The maximum atomic E-state index is 11.9. The highest BCUT2D eigenvalue weighted by atomic mass is 32.1. The Bertz CT molecular complexity index is 394. The largest absolute Gasteiger partial charge is 0.349 e. The minimum atomic E-state index is 0.0980. The molecule has 1 unspecified atom stereocenters. The van der Waals surface area contributed by atoms with Crippen molar-refractivity contribution in [2.24, 2.45) is 5.41 Å². The van der Waals surface area contributed by atoms with Gasteiger partial charge in [-0.2, -0.15) is 0 Å². The van der Waals surface area contributed by atoms with Crippen LogP contribution in [0.5, 0.6) is 0 Å². The first kappa shape index (κ1) is 11.6. The molecule has 0 spiro atoms. The Morgan fingerprint density at radius 2 is 2.25 bits per heavy atom. The lowest BCUT2D eigenvalue weighted by atomic mass is 9.92. The first-order valence-corrected chi connectivity index (χ1v) is 6.65. The zero-order chi connectivity index (χ0) is 11.8. The van der Waals surface area contributed by atoms with Gasteiger partial charge in [-0.1, -0.05) is 13.8 Å². The molecule has 16 heavy (non-hydrogen) atoms. The highest BCUT2D eigenvalue weighted by Crippen LogP contribution is 2.37. The molecule has 0 saturated heterocycles. The number of hydrogen-bond acceptors (Lipinski definition) is 2. The summed E-state index contributed by atoms with van der Waals surface area (Å²) in [6.07, 6.45) is 3.42. The van der Waals surface area contributed by atoms with Crippen LogP contribution in [-0.4, -0.2) is 11.9 Å². The standard InChI is InChI=1S/C13H19NOS/c1-9-4-5-11(16-9)12(15)14-10-6-7-13(2,3)8-10/h4-5,10H,6-8H2,1-3H3,(H,14,15). The quantitative estimate of drug-likeness (QED) is 0.839. The van der Waals surface area contributed by atoms with E-state index in [0.29, 0.717) is 11.5 Å². The van der Waals surface area contributed by atoms with Crippen molar-refractivity contribution in [1.82, 2.24) is 5.32 Å². The van der Waals surface area contributed by atoms with Crippen molar-refractivity contribution in [3.8, 4) is 0 Å². The second kappa shape index (κ2) is 4.21. The zero-order valence-electron chi connectivity index (χ0n) is 10.2. The number of aryl methyl sites for hydroxylation is 1. The van der Waals surface area contributed by atoms with E-state index in [9.17, 15) is 4.79 Å². The third kappa shape index (κ3) is 2.64. The highest BCUT2D eigenvalue weighted by molar-refractivity contribution is 7.13. The van der Waals surface area contributed by atoms with Crippen LogP contribution in [0.1, 0.15) is 47.7 Å². The summed E-state index contributed by atoms with van der Waals surface area (Å²) in [5.74, 6) is 0.0980. The molecule has 0 aliphatic heterocycles. The summed E-state index contributed by atoms with van der Waals surface area (Å²) in [5.41, 5.74) is 0.392. The molecule has 0 radical (unpaired) electrons. The van der Waals surface area contributed by atoms with Gasteiger partial charge in [-0.25, -0.2) is 0 Å². The van der Waals surface area contributed by atoms with E-state index in [1.807, 2.05) is 19.1 Å². The van der Waals surface area contributed by atoms with Crippen LogP contribution >= 0.6 is 11.3 Å². The highest BCUT2D eigenvalue weighted by Gasteiger charge is 2.31. The van der Waals surface area contributed by atoms with Gasteiger partial charge in [0.05, 0.1) is 4.88 Å². The predicted molar refractivity (Wildman–Crippen MR) is 67.9 cm³/mol. The molecule has 1 heterocycles. The van der Waals surface area contributed by atoms with Gasteiger partial charge in [0.15, 0.2) is 0 Å². The van der Waals surface area contributed by atoms with Gasteiger partial charge in [0.25, 0.3) is 5.91 Å². The van der Waals surface area contributed by atoms with Crippen LogP contribution in [0.15, 0.2) is 12.1 Å². The molecule has 88 valence electrons. The van der Waals surface area contributed by atoms with E-state index in [-0.39, 0.29) is 5.91 Å². The third-order valence-electron chi connectivity index (χ3n) is 3.27. The van der Waals surface area contributed by atoms with Gasteiger partial charge < -0.3 is 5.32 Å². The van der Waals surface area contributed by atoms with E-state index in [1.165, 1.54) is 11.3 Å². The van der Waals surface area contributed by atoms with Crippen molar-refractivity contribution < 1.29 is 4.79 Å². The molecule has 1 aromatic rings. The fourth-order valence-corrected chi connectivity index (χ4v) is 3.14. The molecule has 1 atom stereocenters. The molecular weight excluding hydrogens is 218 g/mol. The monoisotopic (exact) mass is 237 g/mol. The molecule has 1 aromatic heterocycles. The molecule has 1 saturated carbocycles. The number of carbonyl (C=O) groups is 1. The number of nitrogens with one attached hydrogen (secondary N) is 1. The van der Waals surface area contributed by atoms with E-state index in [2.05, 4.69) is 19.2 Å². The Morgan fingerprint density at radius 1 is 1.50 bits per heavy atom. The maximum Gasteiger partial charge on any atom is 0.261 e. The normalized spacial score (nSPS) is 23.3.